The number of aromatic nitrogens is 3. The van der Waals surface area contributed by atoms with Crippen molar-refractivity contribution in [1.29, 1.82) is 0 Å². The summed E-state index contributed by atoms with van der Waals surface area (Å²) in [7, 11) is 0. The van der Waals surface area contributed by atoms with E-state index in [1.54, 1.807) is 31.5 Å². The highest BCUT2D eigenvalue weighted by Gasteiger charge is 2.13. The van der Waals surface area contributed by atoms with E-state index in [1.165, 1.54) is 16.6 Å². The van der Waals surface area contributed by atoms with Crippen LogP contribution in [0.5, 0.6) is 0 Å². The molecule has 1 aromatic carbocycles. The normalized spacial score (nSPS) is 10.8. The Morgan fingerprint density at radius 3 is 2.80 bits per heavy atom. The zero-order chi connectivity index (χ0) is 14.3. The number of anilines is 1. The maximum Gasteiger partial charge on any atom is 0.269 e. The van der Waals surface area contributed by atoms with Crippen LogP contribution in [0.2, 0.25) is 0 Å². The first-order valence-electron chi connectivity index (χ1n) is 5.91. The molecular weight excluding hydrogens is 258 g/mol. The van der Waals surface area contributed by atoms with E-state index in [-0.39, 0.29) is 5.69 Å². The molecule has 100 valence electrons. The Labute approximate surface area is 113 Å². The van der Waals surface area contributed by atoms with Crippen LogP contribution in [0.1, 0.15) is 5.56 Å². The van der Waals surface area contributed by atoms with Crippen molar-refractivity contribution in [2.24, 2.45) is 0 Å². The molecule has 2 N–H and O–H groups in total. The third-order valence-electron chi connectivity index (χ3n) is 3.16. The van der Waals surface area contributed by atoms with Crippen LogP contribution >= 0.6 is 0 Å². The number of nitrogens with zero attached hydrogens (tertiary/aromatic N) is 4. The molecule has 0 aliphatic heterocycles. The van der Waals surface area contributed by atoms with Crippen LogP contribution in [-0.4, -0.2) is 19.5 Å². The average Bonchev–Trinajstić information content (AvgIpc) is 2.89. The number of non-ortho nitro benzene ring substituents is 1. The van der Waals surface area contributed by atoms with Gasteiger partial charge in [0.1, 0.15) is 5.82 Å². The van der Waals surface area contributed by atoms with Crippen LogP contribution in [0.15, 0.2) is 36.7 Å². The molecule has 3 aromatic rings. The van der Waals surface area contributed by atoms with Gasteiger partial charge in [-0.05, 0) is 24.1 Å². The van der Waals surface area contributed by atoms with Crippen molar-refractivity contribution in [3.63, 3.8) is 0 Å². The lowest BCUT2D eigenvalue weighted by Crippen LogP contribution is -2.03. The lowest BCUT2D eigenvalue weighted by molar-refractivity contribution is -0.384. The molecule has 0 aliphatic carbocycles. The van der Waals surface area contributed by atoms with E-state index in [0.29, 0.717) is 17.0 Å². The number of nitrogen functional groups attached to an aromatic ring is 1. The first-order valence-corrected chi connectivity index (χ1v) is 5.91. The lowest BCUT2D eigenvalue weighted by Gasteiger charge is -2.09. The number of nitro benzene ring substituents is 1. The summed E-state index contributed by atoms with van der Waals surface area (Å²) >= 11 is 0. The van der Waals surface area contributed by atoms with E-state index in [4.69, 9.17) is 5.73 Å². The molecule has 2 aromatic heterocycles. The number of aryl methyl sites for hydroxylation is 1. The van der Waals surface area contributed by atoms with Gasteiger partial charge in [-0.25, -0.2) is 4.98 Å². The number of benzene rings is 1. The van der Waals surface area contributed by atoms with Crippen molar-refractivity contribution in [3.05, 3.63) is 52.3 Å². The third-order valence-corrected chi connectivity index (χ3v) is 3.16. The minimum Gasteiger partial charge on any atom is -0.383 e. The standard InChI is InChI=1S/C13H11N5O2/c1-8-6-9(18(19)20)2-3-10(8)11-7-15-12-4-5-16-17(12)13(11)14/h2-7H,14H2,1H3. The Hall–Kier alpha value is -2.96. The average molecular weight is 269 g/mol. The topological polar surface area (TPSA) is 99.3 Å². The van der Waals surface area contributed by atoms with Gasteiger partial charge in [0.2, 0.25) is 0 Å². The Morgan fingerprint density at radius 1 is 1.30 bits per heavy atom. The van der Waals surface area contributed by atoms with E-state index in [0.717, 1.165) is 11.1 Å². The summed E-state index contributed by atoms with van der Waals surface area (Å²) in [5, 5.41) is 14.9. The van der Waals surface area contributed by atoms with Gasteiger partial charge in [0.25, 0.3) is 5.69 Å². The molecule has 0 spiro atoms. The fourth-order valence-corrected chi connectivity index (χ4v) is 2.16. The number of nitrogens with two attached hydrogens (primary N) is 1. The Kier molecular flexibility index (Phi) is 2.60. The van der Waals surface area contributed by atoms with Crippen molar-refractivity contribution in [2.45, 2.75) is 6.92 Å². The van der Waals surface area contributed by atoms with Crippen LogP contribution in [-0.2, 0) is 0 Å². The summed E-state index contributed by atoms with van der Waals surface area (Å²) in [5.74, 6) is 0.456. The molecule has 7 heteroatoms. The van der Waals surface area contributed by atoms with E-state index >= 15 is 0 Å². The fraction of sp³-hybridized carbons (Fsp3) is 0.0769. The molecule has 0 bridgehead atoms. The van der Waals surface area contributed by atoms with Crippen molar-refractivity contribution in [1.82, 2.24) is 14.6 Å². The maximum absolute atomic E-state index is 10.8. The molecule has 0 atom stereocenters. The van der Waals surface area contributed by atoms with Crippen LogP contribution in [0, 0.1) is 17.0 Å². The van der Waals surface area contributed by atoms with E-state index in [1.807, 2.05) is 0 Å². The maximum atomic E-state index is 10.8. The number of fused-ring (bicyclic) bond motifs is 1. The monoisotopic (exact) mass is 269 g/mol. The molecule has 2 heterocycles. The molecule has 3 rings (SSSR count). The number of hydrogen-bond acceptors (Lipinski definition) is 5. The summed E-state index contributed by atoms with van der Waals surface area (Å²) in [6.45, 7) is 1.80. The Bertz CT molecular complexity index is 825. The molecule has 0 saturated heterocycles. The van der Waals surface area contributed by atoms with Gasteiger partial charge >= 0.3 is 0 Å². The minimum absolute atomic E-state index is 0.0537. The van der Waals surface area contributed by atoms with Gasteiger partial charge in [0.05, 0.1) is 11.1 Å². The van der Waals surface area contributed by atoms with Gasteiger partial charge in [-0.2, -0.15) is 9.61 Å². The van der Waals surface area contributed by atoms with Gasteiger partial charge in [-0.1, -0.05) is 0 Å². The van der Waals surface area contributed by atoms with Crippen molar-refractivity contribution >= 4 is 17.2 Å². The quantitative estimate of drug-likeness (QED) is 0.567. The predicted molar refractivity (Wildman–Crippen MR) is 74.2 cm³/mol. The van der Waals surface area contributed by atoms with E-state index in [2.05, 4.69) is 10.1 Å². The molecule has 0 saturated carbocycles. The lowest BCUT2D eigenvalue weighted by atomic mass is 10.0. The minimum atomic E-state index is -0.422. The van der Waals surface area contributed by atoms with E-state index < -0.39 is 4.92 Å². The Balaban J connectivity index is 2.20. The first kappa shape index (κ1) is 12.1. The highest BCUT2D eigenvalue weighted by Crippen LogP contribution is 2.30. The summed E-state index contributed by atoms with van der Waals surface area (Å²) in [5.41, 5.74) is 9.07. The van der Waals surface area contributed by atoms with Crippen molar-refractivity contribution in [3.8, 4) is 11.1 Å². The van der Waals surface area contributed by atoms with Crippen LogP contribution in [0.3, 0.4) is 0 Å². The molecule has 0 fully saturated rings. The first-order chi connectivity index (χ1) is 9.58. The molecule has 0 unspecified atom stereocenters. The molecule has 0 aliphatic rings. The van der Waals surface area contributed by atoms with Gasteiger partial charge in [-0.3, -0.25) is 10.1 Å². The van der Waals surface area contributed by atoms with Crippen LogP contribution in [0.4, 0.5) is 11.5 Å². The van der Waals surface area contributed by atoms with Gasteiger partial charge in [-0.15, -0.1) is 0 Å². The molecule has 7 nitrogen and oxygen atoms in total. The van der Waals surface area contributed by atoms with Gasteiger partial charge in [0.15, 0.2) is 5.65 Å². The second-order valence-corrected chi connectivity index (χ2v) is 4.41. The summed E-state index contributed by atoms with van der Waals surface area (Å²) in [4.78, 5) is 14.6. The zero-order valence-electron chi connectivity index (χ0n) is 10.6. The third kappa shape index (κ3) is 1.76. The Morgan fingerprint density at radius 2 is 2.10 bits per heavy atom. The highest BCUT2D eigenvalue weighted by atomic mass is 16.6. The van der Waals surface area contributed by atoms with Crippen LogP contribution in [0.25, 0.3) is 16.8 Å². The summed E-state index contributed by atoms with van der Waals surface area (Å²) in [6.07, 6.45) is 3.27. The largest absolute Gasteiger partial charge is 0.383 e. The van der Waals surface area contributed by atoms with Crippen molar-refractivity contribution < 1.29 is 4.92 Å². The van der Waals surface area contributed by atoms with Crippen LogP contribution < -0.4 is 5.73 Å². The number of nitro groups is 1. The van der Waals surface area contributed by atoms with Gasteiger partial charge in [0, 0.05) is 30.0 Å². The fourth-order valence-electron chi connectivity index (χ4n) is 2.16. The number of rotatable bonds is 2. The molecule has 0 radical (unpaired) electrons. The van der Waals surface area contributed by atoms with Gasteiger partial charge < -0.3 is 5.73 Å². The highest BCUT2D eigenvalue weighted by molar-refractivity contribution is 5.77. The molecule has 20 heavy (non-hydrogen) atoms. The summed E-state index contributed by atoms with van der Waals surface area (Å²) < 4.78 is 1.54. The second-order valence-electron chi connectivity index (χ2n) is 4.41. The summed E-state index contributed by atoms with van der Waals surface area (Å²) in [6, 6.07) is 6.40. The smallest absolute Gasteiger partial charge is 0.269 e. The SMILES string of the molecule is Cc1cc([N+](=O)[O-])ccc1-c1cnc2ccnn2c1N. The predicted octanol–water partition coefficient (Wildman–Crippen LogP) is 2.20. The second kappa shape index (κ2) is 4.30. The molecule has 0 amide bonds. The number of hydrogen-bond donors (Lipinski definition) is 1. The van der Waals surface area contributed by atoms with E-state index in [9.17, 15) is 10.1 Å². The molecular formula is C13H11N5O2. The van der Waals surface area contributed by atoms with Crippen molar-refractivity contribution in [2.75, 3.05) is 5.73 Å². The zero-order valence-corrected chi connectivity index (χ0v) is 10.6.